The standard InChI is InChI=1S/C20H22N2O4/c1-12-4-3-7-22-17(23)10-16(21-19(12)22)11-26-20(25)15-8-13-5-2-6-14(9-15)18(13)24/h3-4,7,10,13-15H,2,5-6,8-9,11H2,1H3. The molecule has 0 aliphatic heterocycles. The van der Waals surface area contributed by atoms with E-state index in [0.29, 0.717) is 30.0 Å². The highest BCUT2D eigenvalue weighted by Gasteiger charge is 2.41. The number of ketones is 1. The molecule has 2 aliphatic carbocycles. The van der Waals surface area contributed by atoms with Gasteiger partial charge in [-0.05, 0) is 44.2 Å². The molecule has 2 unspecified atom stereocenters. The van der Waals surface area contributed by atoms with E-state index in [4.69, 9.17) is 4.74 Å². The number of hydrogen-bond donors (Lipinski definition) is 0. The van der Waals surface area contributed by atoms with E-state index in [9.17, 15) is 14.4 Å². The zero-order valence-corrected chi connectivity index (χ0v) is 14.8. The molecule has 2 saturated carbocycles. The molecule has 4 rings (SSSR count). The Morgan fingerprint density at radius 2 is 2.00 bits per heavy atom. The van der Waals surface area contributed by atoms with Gasteiger partial charge in [-0.15, -0.1) is 0 Å². The van der Waals surface area contributed by atoms with Gasteiger partial charge in [0.05, 0.1) is 11.6 Å². The highest BCUT2D eigenvalue weighted by atomic mass is 16.5. The average molecular weight is 354 g/mol. The summed E-state index contributed by atoms with van der Waals surface area (Å²) in [5, 5.41) is 0. The van der Waals surface area contributed by atoms with Crippen LogP contribution in [0.2, 0.25) is 0 Å². The van der Waals surface area contributed by atoms with Gasteiger partial charge in [0.15, 0.2) is 0 Å². The smallest absolute Gasteiger partial charge is 0.309 e. The number of rotatable bonds is 3. The number of nitrogens with zero attached hydrogens (tertiary/aromatic N) is 2. The fourth-order valence-electron chi connectivity index (χ4n) is 4.32. The number of pyridine rings is 1. The Morgan fingerprint density at radius 1 is 1.27 bits per heavy atom. The summed E-state index contributed by atoms with van der Waals surface area (Å²) in [6.07, 6.45) is 5.73. The molecule has 2 heterocycles. The van der Waals surface area contributed by atoms with Crippen LogP contribution in [0, 0.1) is 24.7 Å². The maximum absolute atomic E-state index is 12.5. The molecule has 0 amide bonds. The van der Waals surface area contributed by atoms with E-state index in [1.807, 2.05) is 13.0 Å². The molecule has 136 valence electrons. The lowest BCUT2D eigenvalue weighted by Crippen LogP contribution is -2.39. The molecule has 2 aromatic heterocycles. The number of ether oxygens (including phenoxy) is 1. The Balaban J connectivity index is 1.47. The summed E-state index contributed by atoms with van der Waals surface area (Å²) in [5.41, 5.74) is 1.72. The Kier molecular flexibility index (Phi) is 4.34. The van der Waals surface area contributed by atoms with Gasteiger partial charge in [-0.1, -0.05) is 12.5 Å². The second kappa shape index (κ2) is 6.67. The number of carbonyl (C=O) groups excluding carboxylic acids is 2. The normalized spacial score (nSPS) is 25.3. The largest absolute Gasteiger partial charge is 0.459 e. The zero-order chi connectivity index (χ0) is 18.3. The van der Waals surface area contributed by atoms with Crippen LogP contribution in [0.3, 0.4) is 0 Å². The van der Waals surface area contributed by atoms with Crippen molar-refractivity contribution >= 4 is 17.4 Å². The lowest BCUT2D eigenvalue weighted by molar-refractivity contribution is -0.154. The highest BCUT2D eigenvalue weighted by molar-refractivity contribution is 5.87. The van der Waals surface area contributed by atoms with Gasteiger partial charge < -0.3 is 4.74 Å². The predicted molar refractivity (Wildman–Crippen MR) is 94.6 cm³/mol. The van der Waals surface area contributed by atoms with Crippen LogP contribution in [0.5, 0.6) is 0 Å². The SMILES string of the molecule is Cc1cccn2c(=O)cc(COC(=O)C3CC4CCCC(C3)C4=O)nc12. The van der Waals surface area contributed by atoms with Gasteiger partial charge in [0, 0.05) is 24.1 Å². The summed E-state index contributed by atoms with van der Waals surface area (Å²) in [6, 6.07) is 5.08. The van der Waals surface area contributed by atoms with Crippen molar-refractivity contribution in [3.05, 3.63) is 46.0 Å². The van der Waals surface area contributed by atoms with Crippen molar-refractivity contribution in [2.45, 2.75) is 45.6 Å². The first kappa shape index (κ1) is 16.9. The number of aromatic nitrogens is 2. The molecule has 2 fully saturated rings. The third-order valence-corrected chi connectivity index (χ3v) is 5.68. The van der Waals surface area contributed by atoms with Gasteiger partial charge in [0.1, 0.15) is 18.0 Å². The van der Waals surface area contributed by atoms with Crippen LogP contribution in [0.4, 0.5) is 0 Å². The predicted octanol–water partition coefficient (Wildman–Crippen LogP) is 2.44. The zero-order valence-electron chi connectivity index (χ0n) is 14.8. The van der Waals surface area contributed by atoms with E-state index in [-0.39, 0.29) is 35.9 Å². The van der Waals surface area contributed by atoms with Crippen molar-refractivity contribution in [2.75, 3.05) is 0 Å². The number of aryl methyl sites for hydroxylation is 1. The van der Waals surface area contributed by atoms with Crippen molar-refractivity contribution < 1.29 is 14.3 Å². The summed E-state index contributed by atoms with van der Waals surface area (Å²) in [4.78, 5) is 41.3. The number of esters is 1. The van der Waals surface area contributed by atoms with Gasteiger partial charge in [0.25, 0.3) is 5.56 Å². The van der Waals surface area contributed by atoms with Crippen molar-refractivity contribution in [3.8, 4) is 0 Å². The molecule has 2 aromatic rings. The first-order valence-corrected chi connectivity index (χ1v) is 9.21. The number of hydrogen-bond acceptors (Lipinski definition) is 5. The molecular weight excluding hydrogens is 332 g/mol. The summed E-state index contributed by atoms with van der Waals surface area (Å²) < 4.78 is 6.93. The minimum absolute atomic E-state index is 0.0152. The van der Waals surface area contributed by atoms with Gasteiger partial charge >= 0.3 is 5.97 Å². The molecule has 6 nitrogen and oxygen atoms in total. The van der Waals surface area contributed by atoms with E-state index < -0.39 is 0 Å². The van der Waals surface area contributed by atoms with Crippen LogP contribution >= 0.6 is 0 Å². The second-order valence-electron chi connectivity index (χ2n) is 7.47. The molecule has 0 radical (unpaired) electrons. The van der Waals surface area contributed by atoms with Gasteiger partial charge in [-0.2, -0.15) is 0 Å². The third kappa shape index (κ3) is 3.04. The molecule has 2 bridgehead atoms. The highest BCUT2D eigenvalue weighted by Crippen LogP contribution is 2.40. The average Bonchev–Trinajstić information content (AvgIpc) is 2.60. The van der Waals surface area contributed by atoms with Crippen molar-refractivity contribution in [1.82, 2.24) is 9.38 Å². The maximum Gasteiger partial charge on any atom is 0.309 e. The quantitative estimate of drug-likeness (QED) is 0.791. The molecule has 0 saturated heterocycles. The number of fused-ring (bicyclic) bond motifs is 3. The van der Waals surface area contributed by atoms with E-state index in [1.54, 1.807) is 12.3 Å². The Labute approximate surface area is 151 Å². The minimum Gasteiger partial charge on any atom is -0.459 e. The molecule has 2 atom stereocenters. The van der Waals surface area contributed by atoms with E-state index in [0.717, 1.165) is 24.8 Å². The molecule has 0 spiro atoms. The molecule has 2 aliphatic rings. The van der Waals surface area contributed by atoms with E-state index >= 15 is 0 Å². The van der Waals surface area contributed by atoms with Gasteiger partial charge in [-0.3, -0.25) is 18.8 Å². The Morgan fingerprint density at radius 3 is 2.73 bits per heavy atom. The van der Waals surface area contributed by atoms with E-state index in [1.165, 1.54) is 10.5 Å². The summed E-state index contributed by atoms with van der Waals surface area (Å²) in [5.74, 6) is -0.121. The van der Waals surface area contributed by atoms with Gasteiger partial charge in [0.2, 0.25) is 0 Å². The molecule has 26 heavy (non-hydrogen) atoms. The van der Waals surface area contributed by atoms with E-state index in [2.05, 4.69) is 4.98 Å². The first-order valence-electron chi connectivity index (χ1n) is 9.21. The number of carbonyl (C=O) groups is 2. The second-order valence-corrected chi connectivity index (χ2v) is 7.47. The Bertz CT molecular complexity index is 917. The van der Waals surface area contributed by atoms with Crippen molar-refractivity contribution in [1.29, 1.82) is 0 Å². The van der Waals surface area contributed by atoms with Gasteiger partial charge in [-0.25, -0.2) is 4.98 Å². The number of Topliss-reactive ketones (excluding diaryl/α,β-unsaturated/α-hetero) is 1. The molecule has 0 N–H and O–H groups in total. The molecule has 6 heteroatoms. The summed E-state index contributed by atoms with van der Waals surface area (Å²) in [6.45, 7) is 1.87. The lowest BCUT2D eigenvalue weighted by Gasteiger charge is -2.36. The summed E-state index contributed by atoms with van der Waals surface area (Å²) in [7, 11) is 0. The minimum atomic E-state index is -0.277. The van der Waals surface area contributed by atoms with Crippen LogP contribution < -0.4 is 5.56 Å². The molecular formula is C20H22N2O4. The molecule has 0 aromatic carbocycles. The van der Waals surface area contributed by atoms with Crippen LogP contribution in [-0.4, -0.2) is 21.1 Å². The third-order valence-electron chi connectivity index (χ3n) is 5.68. The Hall–Kier alpha value is -2.50. The van der Waals surface area contributed by atoms with Crippen LogP contribution in [0.25, 0.3) is 5.65 Å². The summed E-state index contributed by atoms with van der Waals surface area (Å²) >= 11 is 0. The monoisotopic (exact) mass is 354 g/mol. The lowest BCUT2D eigenvalue weighted by atomic mass is 9.67. The van der Waals surface area contributed by atoms with Crippen LogP contribution in [0.15, 0.2) is 29.2 Å². The fourth-order valence-corrected chi connectivity index (χ4v) is 4.32. The van der Waals surface area contributed by atoms with Crippen molar-refractivity contribution in [2.24, 2.45) is 17.8 Å². The fraction of sp³-hybridized carbons (Fsp3) is 0.500. The van der Waals surface area contributed by atoms with Crippen molar-refractivity contribution in [3.63, 3.8) is 0 Å². The first-order chi connectivity index (χ1) is 12.5. The maximum atomic E-state index is 12.5. The topological polar surface area (TPSA) is 77.7 Å². The van der Waals surface area contributed by atoms with Crippen LogP contribution in [0.1, 0.15) is 43.4 Å². The van der Waals surface area contributed by atoms with Crippen LogP contribution in [-0.2, 0) is 20.9 Å².